The largest absolute Gasteiger partial charge is 0.341 e. The standard InChI is InChI=1S/C8H13FN4O/c1-5-6(4-11-8(14)10-2)7(9)13(3)12-5/h4H2,1-3H3,(H2,10,11,14). The molecule has 0 radical (unpaired) electrons. The Morgan fingerprint density at radius 2 is 2.29 bits per heavy atom. The van der Waals surface area contributed by atoms with Crippen LogP contribution in [0.1, 0.15) is 11.3 Å². The van der Waals surface area contributed by atoms with Crippen LogP contribution in [-0.2, 0) is 13.6 Å². The van der Waals surface area contributed by atoms with Crippen LogP contribution in [0.5, 0.6) is 0 Å². The third kappa shape index (κ3) is 2.01. The minimum absolute atomic E-state index is 0.144. The second kappa shape index (κ2) is 4.08. The molecule has 0 fully saturated rings. The fourth-order valence-electron chi connectivity index (χ4n) is 1.13. The second-order valence-electron chi connectivity index (χ2n) is 2.91. The number of nitrogens with zero attached hydrogens (tertiary/aromatic N) is 2. The van der Waals surface area contributed by atoms with Gasteiger partial charge in [0.25, 0.3) is 0 Å². The van der Waals surface area contributed by atoms with E-state index in [2.05, 4.69) is 15.7 Å². The lowest BCUT2D eigenvalue weighted by molar-refractivity contribution is 0.242. The zero-order chi connectivity index (χ0) is 10.7. The van der Waals surface area contributed by atoms with Gasteiger partial charge in [0.2, 0.25) is 5.95 Å². The van der Waals surface area contributed by atoms with Crippen LogP contribution in [0.25, 0.3) is 0 Å². The molecule has 2 N–H and O–H groups in total. The van der Waals surface area contributed by atoms with Crippen LogP contribution >= 0.6 is 0 Å². The van der Waals surface area contributed by atoms with Gasteiger partial charge in [-0.1, -0.05) is 0 Å². The molecule has 0 atom stereocenters. The molecule has 0 unspecified atom stereocenters. The molecule has 78 valence electrons. The Morgan fingerprint density at radius 1 is 1.64 bits per heavy atom. The van der Waals surface area contributed by atoms with Gasteiger partial charge in [-0.3, -0.25) is 0 Å². The SMILES string of the molecule is CNC(=O)NCc1c(C)nn(C)c1F. The van der Waals surface area contributed by atoms with Crippen LogP contribution in [0, 0.1) is 12.9 Å². The van der Waals surface area contributed by atoms with E-state index in [1.807, 2.05) is 0 Å². The van der Waals surface area contributed by atoms with E-state index in [1.165, 1.54) is 14.1 Å². The average Bonchev–Trinajstić information content (AvgIpc) is 2.39. The van der Waals surface area contributed by atoms with Gasteiger partial charge in [0.15, 0.2) is 0 Å². The molecule has 0 aliphatic heterocycles. The van der Waals surface area contributed by atoms with Crippen molar-refractivity contribution in [3.8, 4) is 0 Å². The number of urea groups is 1. The Hall–Kier alpha value is -1.59. The van der Waals surface area contributed by atoms with Crippen molar-refractivity contribution < 1.29 is 9.18 Å². The average molecular weight is 200 g/mol. The van der Waals surface area contributed by atoms with Crippen molar-refractivity contribution in [1.82, 2.24) is 20.4 Å². The summed E-state index contributed by atoms with van der Waals surface area (Å²) in [5.41, 5.74) is 0.998. The summed E-state index contributed by atoms with van der Waals surface area (Å²) in [7, 11) is 3.02. The topological polar surface area (TPSA) is 59.0 Å². The fraction of sp³-hybridized carbons (Fsp3) is 0.500. The smallest absolute Gasteiger partial charge is 0.314 e. The number of carbonyl (C=O) groups is 1. The Morgan fingerprint density at radius 3 is 2.71 bits per heavy atom. The van der Waals surface area contributed by atoms with E-state index in [4.69, 9.17) is 0 Å². The zero-order valence-electron chi connectivity index (χ0n) is 8.39. The number of aromatic nitrogens is 2. The van der Waals surface area contributed by atoms with Gasteiger partial charge in [-0.25, -0.2) is 9.48 Å². The van der Waals surface area contributed by atoms with Crippen molar-refractivity contribution in [3.63, 3.8) is 0 Å². The highest BCUT2D eigenvalue weighted by molar-refractivity contribution is 5.73. The molecule has 0 aliphatic rings. The monoisotopic (exact) mass is 200 g/mol. The zero-order valence-corrected chi connectivity index (χ0v) is 8.39. The molecular formula is C8H13FN4O. The molecule has 1 aromatic rings. The van der Waals surface area contributed by atoms with Crippen molar-refractivity contribution in [2.24, 2.45) is 7.05 Å². The number of carbonyl (C=O) groups excluding carboxylic acids is 1. The van der Waals surface area contributed by atoms with Crippen LogP contribution in [0.3, 0.4) is 0 Å². The summed E-state index contributed by atoms with van der Waals surface area (Å²) in [5.74, 6) is -0.418. The summed E-state index contributed by atoms with van der Waals surface area (Å²) in [4.78, 5) is 10.8. The molecule has 1 rings (SSSR count). The quantitative estimate of drug-likeness (QED) is 0.721. The molecule has 14 heavy (non-hydrogen) atoms. The molecule has 0 spiro atoms. The molecule has 0 saturated carbocycles. The Bertz CT molecular complexity index is 347. The van der Waals surface area contributed by atoms with Crippen molar-refractivity contribution in [2.75, 3.05) is 7.05 Å². The summed E-state index contributed by atoms with van der Waals surface area (Å²) < 4.78 is 14.5. The summed E-state index contributed by atoms with van der Waals surface area (Å²) in [6.45, 7) is 1.84. The Labute approximate surface area is 81.3 Å². The van der Waals surface area contributed by atoms with Crippen LogP contribution in [0.4, 0.5) is 9.18 Å². The van der Waals surface area contributed by atoms with E-state index >= 15 is 0 Å². The normalized spacial score (nSPS) is 10.0. The first kappa shape index (κ1) is 10.5. The van der Waals surface area contributed by atoms with E-state index in [0.29, 0.717) is 11.3 Å². The summed E-state index contributed by atoms with van der Waals surface area (Å²) in [5, 5.41) is 8.77. The van der Waals surface area contributed by atoms with Gasteiger partial charge < -0.3 is 10.6 Å². The number of aryl methyl sites for hydroxylation is 2. The van der Waals surface area contributed by atoms with Gasteiger partial charge in [-0.05, 0) is 6.92 Å². The number of nitrogens with one attached hydrogen (secondary N) is 2. The summed E-state index contributed by atoms with van der Waals surface area (Å²) in [6, 6.07) is -0.340. The highest BCUT2D eigenvalue weighted by Gasteiger charge is 2.12. The third-order valence-corrected chi connectivity index (χ3v) is 1.92. The van der Waals surface area contributed by atoms with Crippen LogP contribution in [0.15, 0.2) is 0 Å². The summed E-state index contributed by atoms with van der Waals surface area (Å²) in [6.07, 6.45) is 0. The van der Waals surface area contributed by atoms with E-state index < -0.39 is 5.95 Å². The van der Waals surface area contributed by atoms with Crippen molar-refractivity contribution in [1.29, 1.82) is 0 Å². The number of amides is 2. The van der Waals surface area contributed by atoms with Crippen molar-refractivity contribution in [3.05, 3.63) is 17.2 Å². The Balaban J connectivity index is 2.71. The lowest BCUT2D eigenvalue weighted by Gasteiger charge is -2.02. The van der Waals surface area contributed by atoms with Gasteiger partial charge in [0.05, 0.1) is 12.2 Å². The minimum atomic E-state index is -0.418. The maximum atomic E-state index is 13.3. The fourth-order valence-corrected chi connectivity index (χ4v) is 1.13. The number of halogens is 1. The Kier molecular flexibility index (Phi) is 3.06. The molecule has 0 aliphatic carbocycles. The molecule has 6 heteroatoms. The van der Waals surface area contributed by atoms with Gasteiger partial charge >= 0.3 is 6.03 Å². The van der Waals surface area contributed by atoms with E-state index in [0.717, 1.165) is 4.68 Å². The first-order valence-electron chi connectivity index (χ1n) is 4.19. The van der Waals surface area contributed by atoms with Gasteiger partial charge in [0.1, 0.15) is 0 Å². The molecule has 0 saturated heterocycles. The first-order valence-corrected chi connectivity index (χ1v) is 4.19. The van der Waals surface area contributed by atoms with Crippen LogP contribution < -0.4 is 10.6 Å². The van der Waals surface area contributed by atoms with Crippen LogP contribution in [-0.4, -0.2) is 22.9 Å². The van der Waals surface area contributed by atoms with E-state index in [9.17, 15) is 9.18 Å². The first-order chi connectivity index (χ1) is 6.56. The molecule has 0 bridgehead atoms. The molecule has 2 amide bonds. The van der Waals surface area contributed by atoms with Crippen LogP contribution in [0.2, 0.25) is 0 Å². The highest BCUT2D eigenvalue weighted by Crippen LogP contribution is 2.10. The van der Waals surface area contributed by atoms with E-state index in [-0.39, 0.29) is 12.6 Å². The number of rotatable bonds is 2. The van der Waals surface area contributed by atoms with Gasteiger partial charge in [0, 0.05) is 19.7 Å². The molecule has 5 nitrogen and oxygen atoms in total. The molecule has 1 aromatic heterocycles. The van der Waals surface area contributed by atoms with Crippen molar-refractivity contribution in [2.45, 2.75) is 13.5 Å². The molecule has 0 aromatic carbocycles. The highest BCUT2D eigenvalue weighted by atomic mass is 19.1. The predicted octanol–water partition coefficient (Wildman–Crippen LogP) is 0.297. The second-order valence-corrected chi connectivity index (χ2v) is 2.91. The number of hydrogen-bond donors (Lipinski definition) is 2. The van der Waals surface area contributed by atoms with E-state index in [1.54, 1.807) is 6.92 Å². The third-order valence-electron chi connectivity index (χ3n) is 1.92. The number of hydrogen-bond acceptors (Lipinski definition) is 2. The lowest BCUT2D eigenvalue weighted by atomic mass is 10.2. The molecule has 1 heterocycles. The lowest BCUT2D eigenvalue weighted by Crippen LogP contribution is -2.32. The van der Waals surface area contributed by atoms with Crippen molar-refractivity contribution >= 4 is 6.03 Å². The summed E-state index contributed by atoms with van der Waals surface area (Å²) >= 11 is 0. The molecular weight excluding hydrogens is 187 g/mol. The van der Waals surface area contributed by atoms with Gasteiger partial charge in [-0.2, -0.15) is 9.49 Å². The predicted molar refractivity (Wildman–Crippen MR) is 49.2 cm³/mol. The minimum Gasteiger partial charge on any atom is -0.341 e. The maximum absolute atomic E-state index is 13.3. The maximum Gasteiger partial charge on any atom is 0.314 e. The van der Waals surface area contributed by atoms with Gasteiger partial charge in [-0.15, -0.1) is 0 Å².